The Balaban J connectivity index is 4.20. The third-order valence-corrected chi connectivity index (χ3v) is 1.84. The van der Waals surface area contributed by atoms with E-state index in [1.807, 2.05) is 6.08 Å². The van der Waals surface area contributed by atoms with Crippen molar-refractivity contribution in [3.8, 4) is 0 Å². The molecule has 64 valence electrons. The van der Waals surface area contributed by atoms with Crippen LogP contribution in [0.25, 0.3) is 0 Å². The lowest BCUT2D eigenvalue weighted by Crippen LogP contribution is -2.21. The Kier molecular flexibility index (Phi) is 5.63. The van der Waals surface area contributed by atoms with Crippen molar-refractivity contribution in [3.05, 3.63) is 24.4 Å². The molecule has 0 unspecified atom stereocenters. The second-order valence-electron chi connectivity index (χ2n) is 2.42. The summed E-state index contributed by atoms with van der Waals surface area (Å²) in [5.74, 6) is 0. The third kappa shape index (κ3) is 3.26. The molecule has 0 aromatic rings. The van der Waals surface area contributed by atoms with Gasteiger partial charge in [-0.2, -0.15) is 0 Å². The minimum atomic E-state index is 1.09. The zero-order valence-electron chi connectivity index (χ0n) is 7.93. The molecule has 0 bridgehead atoms. The first-order chi connectivity index (χ1) is 5.29. The van der Waals surface area contributed by atoms with Gasteiger partial charge in [-0.25, -0.2) is 0 Å². The van der Waals surface area contributed by atoms with E-state index in [0.717, 1.165) is 19.5 Å². The highest BCUT2D eigenvalue weighted by atomic mass is 15.1. The van der Waals surface area contributed by atoms with Gasteiger partial charge >= 0.3 is 0 Å². The molecule has 0 aliphatic carbocycles. The minimum absolute atomic E-state index is 1.09. The molecule has 1 nitrogen and oxygen atoms in total. The predicted octanol–water partition coefficient (Wildman–Crippen LogP) is 2.81. The van der Waals surface area contributed by atoms with E-state index in [9.17, 15) is 0 Å². The van der Waals surface area contributed by atoms with Crippen molar-refractivity contribution in [2.24, 2.45) is 0 Å². The molecule has 0 aromatic heterocycles. The van der Waals surface area contributed by atoms with Crippen LogP contribution in [0.5, 0.6) is 0 Å². The molecule has 0 rings (SSSR count). The molecule has 11 heavy (non-hydrogen) atoms. The van der Waals surface area contributed by atoms with Gasteiger partial charge in [-0.05, 0) is 26.3 Å². The number of allylic oxidation sites excluding steroid dienone is 3. The zero-order valence-corrected chi connectivity index (χ0v) is 7.93. The van der Waals surface area contributed by atoms with Crippen LogP contribution in [0.3, 0.4) is 0 Å². The maximum Gasteiger partial charge on any atom is 0.0146 e. The Bertz CT molecular complexity index is 132. The molecular weight excluding hydrogens is 134 g/mol. The average Bonchev–Trinajstić information content (AvgIpc) is 2.05. The van der Waals surface area contributed by atoms with Crippen molar-refractivity contribution < 1.29 is 0 Å². The highest BCUT2D eigenvalue weighted by Gasteiger charge is 2.00. The van der Waals surface area contributed by atoms with E-state index in [-0.39, 0.29) is 0 Å². The summed E-state index contributed by atoms with van der Waals surface area (Å²) in [6.45, 7) is 12.4. The van der Waals surface area contributed by atoms with Gasteiger partial charge in [0.15, 0.2) is 0 Å². The van der Waals surface area contributed by atoms with Crippen LogP contribution >= 0.6 is 0 Å². The lowest BCUT2D eigenvalue weighted by Gasteiger charge is -2.23. The van der Waals surface area contributed by atoms with Gasteiger partial charge in [-0.1, -0.05) is 19.6 Å². The summed E-state index contributed by atoms with van der Waals surface area (Å²) in [4.78, 5) is 2.35. The fourth-order valence-corrected chi connectivity index (χ4v) is 1.21. The van der Waals surface area contributed by atoms with Crippen molar-refractivity contribution in [3.63, 3.8) is 0 Å². The van der Waals surface area contributed by atoms with Crippen molar-refractivity contribution in [1.29, 1.82) is 0 Å². The molecule has 0 amide bonds. The molecule has 0 saturated heterocycles. The van der Waals surface area contributed by atoms with Crippen LogP contribution in [0.2, 0.25) is 0 Å². The van der Waals surface area contributed by atoms with Gasteiger partial charge in [0, 0.05) is 18.8 Å². The van der Waals surface area contributed by atoms with E-state index >= 15 is 0 Å². The molecule has 0 fully saturated rings. The monoisotopic (exact) mass is 153 g/mol. The van der Waals surface area contributed by atoms with Crippen LogP contribution in [-0.4, -0.2) is 18.0 Å². The van der Waals surface area contributed by atoms with E-state index in [0.29, 0.717) is 0 Å². The topological polar surface area (TPSA) is 3.24 Å². The van der Waals surface area contributed by atoms with Gasteiger partial charge in [0.2, 0.25) is 0 Å². The maximum atomic E-state index is 3.70. The second kappa shape index (κ2) is 6.02. The van der Waals surface area contributed by atoms with Gasteiger partial charge in [0.25, 0.3) is 0 Å². The van der Waals surface area contributed by atoms with Gasteiger partial charge in [0.05, 0.1) is 0 Å². The summed E-state index contributed by atoms with van der Waals surface area (Å²) in [6.07, 6.45) is 5.04. The lowest BCUT2D eigenvalue weighted by atomic mass is 10.2. The molecule has 0 atom stereocenters. The van der Waals surface area contributed by atoms with E-state index in [1.165, 1.54) is 5.70 Å². The SMILES string of the molecule is C=CC=C(CC)N(CC)CC. The first kappa shape index (κ1) is 10.3. The standard InChI is InChI=1S/C10H19N/c1-5-9-10(6-2)11(7-3)8-4/h5,9H,1,6-8H2,2-4H3. The quantitative estimate of drug-likeness (QED) is 0.549. The van der Waals surface area contributed by atoms with Crippen LogP contribution in [0.1, 0.15) is 27.2 Å². The summed E-state index contributed by atoms with van der Waals surface area (Å²) in [6, 6.07) is 0. The van der Waals surface area contributed by atoms with E-state index in [4.69, 9.17) is 0 Å². The van der Waals surface area contributed by atoms with Crippen LogP contribution in [0.4, 0.5) is 0 Å². The molecule has 1 heteroatoms. The average molecular weight is 153 g/mol. The van der Waals surface area contributed by atoms with Gasteiger partial charge < -0.3 is 4.90 Å². The number of hydrogen-bond donors (Lipinski definition) is 0. The third-order valence-electron chi connectivity index (χ3n) is 1.84. The van der Waals surface area contributed by atoms with Crippen molar-refractivity contribution >= 4 is 0 Å². The Morgan fingerprint density at radius 3 is 2.09 bits per heavy atom. The summed E-state index contributed by atoms with van der Waals surface area (Å²) >= 11 is 0. The van der Waals surface area contributed by atoms with Gasteiger partial charge in [-0.3, -0.25) is 0 Å². The van der Waals surface area contributed by atoms with E-state index in [1.54, 1.807) is 0 Å². The highest BCUT2D eigenvalue weighted by Crippen LogP contribution is 2.07. The molecule has 0 heterocycles. The van der Waals surface area contributed by atoms with Crippen molar-refractivity contribution in [2.45, 2.75) is 27.2 Å². The molecule has 0 radical (unpaired) electrons. The van der Waals surface area contributed by atoms with Crippen LogP contribution in [0.15, 0.2) is 24.4 Å². The van der Waals surface area contributed by atoms with E-state index < -0.39 is 0 Å². The lowest BCUT2D eigenvalue weighted by molar-refractivity contribution is 0.372. The zero-order chi connectivity index (χ0) is 8.69. The fraction of sp³-hybridized carbons (Fsp3) is 0.600. The van der Waals surface area contributed by atoms with Crippen molar-refractivity contribution in [2.75, 3.05) is 13.1 Å². The predicted molar refractivity (Wildman–Crippen MR) is 51.5 cm³/mol. The molecule has 0 spiro atoms. The molecule has 0 N–H and O–H groups in total. The van der Waals surface area contributed by atoms with E-state index in [2.05, 4.69) is 38.3 Å². The summed E-state index contributed by atoms with van der Waals surface area (Å²) in [5, 5.41) is 0. The second-order valence-corrected chi connectivity index (χ2v) is 2.42. The maximum absolute atomic E-state index is 3.70. The number of rotatable bonds is 5. The van der Waals surface area contributed by atoms with Gasteiger partial charge in [-0.15, -0.1) is 0 Å². The summed E-state index contributed by atoms with van der Waals surface area (Å²) in [5.41, 5.74) is 1.38. The first-order valence-corrected chi connectivity index (χ1v) is 4.36. The smallest absolute Gasteiger partial charge is 0.0146 e. The summed E-state index contributed by atoms with van der Waals surface area (Å²) < 4.78 is 0. The highest BCUT2D eigenvalue weighted by molar-refractivity contribution is 5.08. The minimum Gasteiger partial charge on any atom is -0.375 e. The molecule has 0 aromatic carbocycles. The molecule has 0 aliphatic heterocycles. The first-order valence-electron chi connectivity index (χ1n) is 4.36. The van der Waals surface area contributed by atoms with Crippen LogP contribution < -0.4 is 0 Å². The molecular formula is C10H19N. The van der Waals surface area contributed by atoms with Crippen LogP contribution in [-0.2, 0) is 0 Å². The Hall–Kier alpha value is -0.720. The normalized spacial score (nSPS) is 11.4. The Labute approximate surface area is 70.4 Å². The van der Waals surface area contributed by atoms with Gasteiger partial charge in [0.1, 0.15) is 0 Å². The Morgan fingerprint density at radius 2 is 1.82 bits per heavy atom. The van der Waals surface area contributed by atoms with Crippen molar-refractivity contribution in [1.82, 2.24) is 4.90 Å². The largest absolute Gasteiger partial charge is 0.375 e. The summed E-state index contributed by atoms with van der Waals surface area (Å²) in [7, 11) is 0. The molecule has 0 saturated carbocycles. The number of nitrogens with zero attached hydrogens (tertiary/aromatic N) is 1. The fourth-order valence-electron chi connectivity index (χ4n) is 1.21. The number of hydrogen-bond acceptors (Lipinski definition) is 1. The molecule has 0 aliphatic rings. The van der Waals surface area contributed by atoms with Crippen LogP contribution in [0, 0.1) is 0 Å². The Morgan fingerprint density at radius 1 is 1.27 bits per heavy atom.